The largest absolute Gasteiger partial charge is 0.379 e. The van der Waals surface area contributed by atoms with Crippen LogP contribution < -0.4 is 10.6 Å². The minimum Gasteiger partial charge on any atom is -0.379 e. The van der Waals surface area contributed by atoms with E-state index >= 15 is 0 Å². The molecule has 3 fully saturated rings. The Morgan fingerprint density at radius 1 is 1.10 bits per heavy atom. The first kappa shape index (κ1) is 28.9. The lowest BCUT2D eigenvalue weighted by Crippen LogP contribution is -2.54. The van der Waals surface area contributed by atoms with Crippen LogP contribution in [0.5, 0.6) is 0 Å². The van der Waals surface area contributed by atoms with Gasteiger partial charge in [-0.2, -0.15) is 0 Å². The maximum absolute atomic E-state index is 13.6. The monoisotopic (exact) mass is 551 g/mol. The van der Waals surface area contributed by atoms with Crippen LogP contribution in [0.2, 0.25) is 0 Å². The number of nitrogens with zero attached hydrogens (tertiary/aromatic N) is 3. The van der Waals surface area contributed by atoms with Gasteiger partial charge in [0, 0.05) is 51.0 Å². The molecule has 1 aromatic heterocycles. The molecule has 1 amide bonds. The van der Waals surface area contributed by atoms with Crippen molar-refractivity contribution in [3.05, 3.63) is 52.5 Å². The van der Waals surface area contributed by atoms with Crippen LogP contribution in [0.1, 0.15) is 77.6 Å². The predicted octanol–water partition coefficient (Wildman–Crippen LogP) is 4.12. The van der Waals surface area contributed by atoms with Crippen LogP contribution in [0.15, 0.2) is 24.3 Å². The SMILES string of the molecule is CO[C@H]1COCC[C@H]1NC1CCN(C(=O)c2nc(C)nc(NCC3CCC[C@@H](c4cccc(C)c4)O3)c2C)CC1. The molecule has 0 saturated carbocycles. The number of nitrogens with one attached hydrogen (secondary N) is 2. The lowest BCUT2D eigenvalue weighted by atomic mass is 9.97. The Balaban J connectivity index is 1.17. The van der Waals surface area contributed by atoms with Gasteiger partial charge in [-0.15, -0.1) is 0 Å². The normalized spacial score (nSPS) is 26.1. The number of piperidine rings is 1. The van der Waals surface area contributed by atoms with Crippen molar-refractivity contribution in [1.82, 2.24) is 20.2 Å². The maximum Gasteiger partial charge on any atom is 0.272 e. The molecule has 2 aromatic rings. The van der Waals surface area contributed by atoms with Crippen molar-refractivity contribution < 1.29 is 19.0 Å². The molecule has 0 radical (unpaired) electrons. The standard InChI is InChI=1S/C31H45N5O4/c1-20-7-5-8-23(17-20)27-10-6-9-25(40-27)18-32-30-21(2)29(33-22(3)34-30)31(37)36-14-11-24(12-15-36)35-26-13-16-39-19-28(26)38-4/h5,7-8,17,24-28,35H,6,9-16,18-19H2,1-4H3,(H,32,33,34)/t25?,26-,27+,28+/m1/s1. The second kappa shape index (κ2) is 13.4. The number of ether oxygens (including phenoxy) is 3. The lowest BCUT2D eigenvalue weighted by molar-refractivity contribution is -0.0533. The third kappa shape index (κ3) is 7.00. The minimum absolute atomic E-state index is 0.0150. The van der Waals surface area contributed by atoms with Crippen LogP contribution in [-0.4, -0.2) is 85.0 Å². The third-order valence-corrected chi connectivity index (χ3v) is 8.56. The number of aryl methyl sites for hydroxylation is 2. The van der Waals surface area contributed by atoms with Crippen LogP contribution >= 0.6 is 0 Å². The lowest BCUT2D eigenvalue weighted by Gasteiger charge is -2.38. The topological polar surface area (TPSA) is 97.8 Å². The molecule has 4 atom stereocenters. The second-order valence-corrected chi connectivity index (χ2v) is 11.5. The van der Waals surface area contributed by atoms with Crippen molar-refractivity contribution in [2.75, 3.05) is 45.3 Å². The van der Waals surface area contributed by atoms with Gasteiger partial charge in [0.1, 0.15) is 17.3 Å². The number of anilines is 1. The number of rotatable bonds is 8. The van der Waals surface area contributed by atoms with Crippen LogP contribution in [0.3, 0.4) is 0 Å². The van der Waals surface area contributed by atoms with E-state index in [1.54, 1.807) is 7.11 Å². The average molecular weight is 552 g/mol. The zero-order valence-electron chi connectivity index (χ0n) is 24.4. The zero-order chi connectivity index (χ0) is 28.1. The summed E-state index contributed by atoms with van der Waals surface area (Å²) in [6, 6.07) is 9.26. The Morgan fingerprint density at radius 3 is 2.70 bits per heavy atom. The Bertz CT molecular complexity index is 1150. The van der Waals surface area contributed by atoms with Crippen molar-refractivity contribution >= 4 is 11.7 Å². The van der Waals surface area contributed by atoms with Gasteiger partial charge in [-0.05, 0) is 64.9 Å². The quantitative estimate of drug-likeness (QED) is 0.506. The molecule has 1 aromatic carbocycles. The van der Waals surface area contributed by atoms with Crippen molar-refractivity contribution in [2.45, 2.75) is 89.7 Å². The van der Waals surface area contributed by atoms with Gasteiger partial charge >= 0.3 is 0 Å². The summed E-state index contributed by atoms with van der Waals surface area (Å²) in [5.41, 5.74) is 3.79. The average Bonchev–Trinajstić information content (AvgIpc) is 2.98. The number of methoxy groups -OCH3 is 1. The highest BCUT2D eigenvalue weighted by Crippen LogP contribution is 2.32. The molecule has 218 valence electrons. The molecular weight excluding hydrogens is 506 g/mol. The van der Waals surface area contributed by atoms with Gasteiger partial charge in [0.05, 0.1) is 24.9 Å². The fourth-order valence-corrected chi connectivity index (χ4v) is 6.22. The molecule has 5 rings (SSSR count). The molecule has 9 nitrogen and oxygen atoms in total. The first-order valence-corrected chi connectivity index (χ1v) is 14.9. The fraction of sp³-hybridized carbons (Fsp3) is 0.645. The maximum atomic E-state index is 13.6. The number of aromatic nitrogens is 2. The van der Waals surface area contributed by atoms with Gasteiger partial charge in [-0.25, -0.2) is 9.97 Å². The highest BCUT2D eigenvalue weighted by molar-refractivity contribution is 5.94. The van der Waals surface area contributed by atoms with Crippen LogP contribution in [0.4, 0.5) is 5.82 Å². The van der Waals surface area contributed by atoms with E-state index in [0.29, 0.717) is 49.8 Å². The van der Waals surface area contributed by atoms with E-state index < -0.39 is 0 Å². The van der Waals surface area contributed by atoms with Crippen LogP contribution in [0, 0.1) is 20.8 Å². The highest BCUT2D eigenvalue weighted by atomic mass is 16.5. The summed E-state index contributed by atoms with van der Waals surface area (Å²) in [6.07, 6.45) is 6.24. The van der Waals surface area contributed by atoms with Crippen molar-refractivity contribution in [3.8, 4) is 0 Å². The molecular formula is C31H45N5O4. The van der Waals surface area contributed by atoms with E-state index in [1.165, 1.54) is 11.1 Å². The van der Waals surface area contributed by atoms with E-state index in [-0.39, 0.29) is 24.2 Å². The molecule has 0 spiro atoms. The highest BCUT2D eigenvalue weighted by Gasteiger charge is 2.31. The summed E-state index contributed by atoms with van der Waals surface area (Å²) in [7, 11) is 1.74. The van der Waals surface area contributed by atoms with Gasteiger partial charge in [-0.1, -0.05) is 29.8 Å². The summed E-state index contributed by atoms with van der Waals surface area (Å²) in [5.74, 6) is 1.30. The van der Waals surface area contributed by atoms with Gasteiger partial charge < -0.3 is 29.7 Å². The summed E-state index contributed by atoms with van der Waals surface area (Å²) in [5, 5.41) is 7.25. The van der Waals surface area contributed by atoms with Crippen molar-refractivity contribution in [3.63, 3.8) is 0 Å². The molecule has 40 heavy (non-hydrogen) atoms. The van der Waals surface area contributed by atoms with E-state index in [0.717, 1.165) is 56.5 Å². The number of likely N-dealkylation sites (tertiary alicyclic amines) is 1. The van der Waals surface area contributed by atoms with Gasteiger partial charge in [0.25, 0.3) is 5.91 Å². The summed E-state index contributed by atoms with van der Waals surface area (Å²) in [4.78, 5) is 24.7. The predicted molar refractivity (Wildman–Crippen MR) is 155 cm³/mol. The molecule has 2 N–H and O–H groups in total. The molecule has 0 bridgehead atoms. The first-order valence-electron chi connectivity index (χ1n) is 14.9. The summed E-state index contributed by atoms with van der Waals surface area (Å²) in [6.45, 7) is 9.37. The Hall–Kier alpha value is -2.59. The Morgan fingerprint density at radius 2 is 1.93 bits per heavy atom. The van der Waals surface area contributed by atoms with E-state index in [2.05, 4.69) is 51.8 Å². The zero-order valence-corrected chi connectivity index (χ0v) is 24.4. The molecule has 9 heteroatoms. The molecule has 1 unspecified atom stereocenters. The van der Waals surface area contributed by atoms with Crippen molar-refractivity contribution in [2.24, 2.45) is 0 Å². The van der Waals surface area contributed by atoms with E-state index in [4.69, 9.17) is 14.2 Å². The third-order valence-electron chi connectivity index (χ3n) is 8.56. The number of benzene rings is 1. The summed E-state index contributed by atoms with van der Waals surface area (Å²) < 4.78 is 17.6. The van der Waals surface area contributed by atoms with Crippen molar-refractivity contribution in [1.29, 1.82) is 0 Å². The second-order valence-electron chi connectivity index (χ2n) is 11.5. The molecule has 3 aliphatic rings. The minimum atomic E-state index is -0.0150. The Kier molecular flexibility index (Phi) is 9.68. The molecule has 3 saturated heterocycles. The number of hydrogen-bond donors (Lipinski definition) is 2. The first-order chi connectivity index (χ1) is 19.4. The van der Waals surface area contributed by atoms with Gasteiger partial charge in [0.15, 0.2) is 0 Å². The Labute approximate surface area is 238 Å². The number of carbonyl (C=O) groups is 1. The van der Waals surface area contributed by atoms with Crippen LogP contribution in [-0.2, 0) is 14.2 Å². The van der Waals surface area contributed by atoms with Crippen LogP contribution in [0.25, 0.3) is 0 Å². The summed E-state index contributed by atoms with van der Waals surface area (Å²) >= 11 is 0. The van der Waals surface area contributed by atoms with E-state index in [9.17, 15) is 4.79 Å². The molecule has 3 aliphatic heterocycles. The van der Waals surface area contributed by atoms with Gasteiger partial charge in [0.2, 0.25) is 0 Å². The number of hydrogen-bond acceptors (Lipinski definition) is 8. The number of amides is 1. The fourth-order valence-electron chi connectivity index (χ4n) is 6.22. The van der Waals surface area contributed by atoms with E-state index in [1.807, 2.05) is 18.7 Å². The smallest absolute Gasteiger partial charge is 0.272 e. The molecule has 0 aliphatic carbocycles. The van der Waals surface area contributed by atoms with Gasteiger partial charge in [-0.3, -0.25) is 4.79 Å². The number of carbonyl (C=O) groups excluding carboxylic acids is 1. The molecule has 4 heterocycles.